The van der Waals surface area contributed by atoms with Crippen LogP contribution in [0.1, 0.15) is 15.9 Å². The molecule has 2 aromatic carbocycles. The van der Waals surface area contributed by atoms with Crippen molar-refractivity contribution in [2.75, 3.05) is 0 Å². The van der Waals surface area contributed by atoms with Crippen molar-refractivity contribution in [2.45, 2.75) is 0 Å². The molecule has 5 heteroatoms. The standard InChI is InChI=1S/C13H8BrNO3/c14-10-7-5-9(6-8-10)13(16)11-3-1-2-4-12(11)15(17)18/h1-8H. The molecule has 4 nitrogen and oxygen atoms in total. The van der Waals surface area contributed by atoms with Gasteiger partial charge < -0.3 is 0 Å². The second-order valence-corrected chi connectivity index (χ2v) is 4.53. The molecule has 2 rings (SSSR count). The number of benzene rings is 2. The molecule has 0 aliphatic heterocycles. The highest BCUT2D eigenvalue weighted by molar-refractivity contribution is 9.10. The summed E-state index contributed by atoms with van der Waals surface area (Å²) in [5, 5.41) is 10.9. The molecule has 2 aromatic rings. The van der Waals surface area contributed by atoms with Crippen LogP contribution in [-0.2, 0) is 0 Å². The SMILES string of the molecule is O=C(c1ccc(Br)cc1)c1ccccc1[N+](=O)[O-]. The minimum atomic E-state index is -0.550. The van der Waals surface area contributed by atoms with E-state index in [1.54, 1.807) is 30.3 Å². The van der Waals surface area contributed by atoms with E-state index in [0.717, 1.165) is 4.47 Å². The van der Waals surface area contributed by atoms with E-state index in [1.807, 2.05) is 0 Å². The van der Waals surface area contributed by atoms with Gasteiger partial charge in [-0.2, -0.15) is 0 Å². The molecular weight excluding hydrogens is 298 g/mol. The Morgan fingerprint density at radius 1 is 1.06 bits per heavy atom. The average molecular weight is 306 g/mol. The van der Waals surface area contributed by atoms with E-state index < -0.39 is 4.92 Å². The maximum absolute atomic E-state index is 12.2. The molecule has 0 saturated carbocycles. The molecule has 0 amide bonds. The van der Waals surface area contributed by atoms with Gasteiger partial charge in [0.25, 0.3) is 5.69 Å². The van der Waals surface area contributed by atoms with E-state index in [9.17, 15) is 14.9 Å². The molecule has 0 aliphatic carbocycles. The topological polar surface area (TPSA) is 60.2 Å². The largest absolute Gasteiger partial charge is 0.288 e. The number of hydrogen-bond acceptors (Lipinski definition) is 3. The number of nitrogens with zero attached hydrogens (tertiary/aromatic N) is 1. The summed E-state index contributed by atoms with van der Waals surface area (Å²) < 4.78 is 0.849. The predicted molar refractivity (Wildman–Crippen MR) is 70.7 cm³/mol. The van der Waals surface area contributed by atoms with Gasteiger partial charge in [-0.3, -0.25) is 14.9 Å². The zero-order chi connectivity index (χ0) is 13.1. The third-order valence-electron chi connectivity index (χ3n) is 2.45. The van der Waals surface area contributed by atoms with Gasteiger partial charge in [-0.25, -0.2) is 0 Å². The molecule has 0 fully saturated rings. The number of nitro groups is 1. The van der Waals surface area contributed by atoms with E-state index in [0.29, 0.717) is 5.56 Å². The molecule has 0 N–H and O–H groups in total. The third kappa shape index (κ3) is 2.46. The summed E-state index contributed by atoms with van der Waals surface area (Å²) in [6.07, 6.45) is 0. The van der Waals surface area contributed by atoms with Gasteiger partial charge in [-0.05, 0) is 30.3 Å². The summed E-state index contributed by atoms with van der Waals surface area (Å²) in [5.41, 5.74) is 0.350. The van der Waals surface area contributed by atoms with Crippen LogP contribution >= 0.6 is 15.9 Å². The average Bonchev–Trinajstić information content (AvgIpc) is 2.39. The quantitative estimate of drug-likeness (QED) is 0.494. The van der Waals surface area contributed by atoms with Crippen molar-refractivity contribution in [3.8, 4) is 0 Å². The first kappa shape index (κ1) is 12.4. The molecular formula is C13H8BrNO3. The van der Waals surface area contributed by atoms with E-state index in [-0.39, 0.29) is 17.0 Å². The van der Waals surface area contributed by atoms with E-state index in [4.69, 9.17) is 0 Å². The summed E-state index contributed by atoms with van der Waals surface area (Å²) in [6, 6.07) is 12.6. The van der Waals surface area contributed by atoms with Crippen LogP contribution in [0.25, 0.3) is 0 Å². The van der Waals surface area contributed by atoms with Crippen molar-refractivity contribution in [1.82, 2.24) is 0 Å². The van der Waals surface area contributed by atoms with Crippen LogP contribution in [0, 0.1) is 10.1 Å². The Morgan fingerprint density at radius 3 is 2.28 bits per heavy atom. The Labute approximate surface area is 112 Å². The second kappa shape index (κ2) is 5.10. The summed E-state index contributed by atoms with van der Waals surface area (Å²) in [4.78, 5) is 22.5. The molecule has 0 radical (unpaired) electrons. The summed E-state index contributed by atoms with van der Waals surface area (Å²) >= 11 is 3.27. The number of ketones is 1. The van der Waals surface area contributed by atoms with Crippen LogP contribution in [0.3, 0.4) is 0 Å². The lowest BCUT2D eigenvalue weighted by molar-refractivity contribution is -0.385. The van der Waals surface area contributed by atoms with Gasteiger partial charge in [0.1, 0.15) is 5.56 Å². The molecule has 18 heavy (non-hydrogen) atoms. The van der Waals surface area contributed by atoms with Crippen molar-refractivity contribution in [3.63, 3.8) is 0 Å². The number of carbonyl (C=O) groups excluding carboxylic acids is 1. The maximum Gasteiger partial charge on any atom is 0.280 e. The van der Waals surface area contributed by atoms with Crippen LogP contribution in [0.4, 0.5) is 5.69 Å². The maximum atomic E-state index is 12.2. The van der Waals surface area contributed by atoms with E-state index >= 15 is 0 Å². The Balaban J connectivity index is 2.46. The lowest BCUT2D eigenvalue weighted by Crippen LogP contribution is -2.05. The van der Waals surface area contributed by atoms with E-state index in [1.165, 1.54) is 18.2 Å². The van der Waals surface area contributed by atoms with Crippen molar-refractivity contribution in [2.24, 2.45) is 0 Å². The predicted octanol–water partition coefficient (Wildman–Crippen LogP) is 3.59. The highest BCUT2D eigenvalue weighted by Crippen LogP contribution is 2.22. The van der Waals surface area contributed by atoms with Gasteiger partial charge in [-0.1, -0.05) is 28.1 Å². The number of nitro benzene ring substituents is 1. The second-order valence-electron chi connectivity index (χ2n) is 3.61. The van der Waals surface area contributed by atoms with Crippen molar-refractivity contribution in [1.29, 1.82) is 0 Å². The highest BCUT2D eigenvalue weighted by atomic mass is 79.9. The number of rotatable bonds is 3. The first-order valence-electron chi connectivity index (χ1n) is 5.13. The first-order valence-corrected chi connectivity index (χ1v) is 5.92. The Hall–Kier alpha value is -2.01. The Morgan fingerprint density at radius 2 is 1.67 bits per heavy atom. The van der Waals surface area contributed by atoms with Gasteiger partial charge in [0.05, 0.1) is 4.92 Å². The van der Waals surface area contributed by atoms with Gasteiger partial charge in [0.2, 0.25) is 0 Å². The lowest BCUT2D eigenvalue weighted by Gasteiger charge is -2.02. The minimum absolute atomic E-state index is 0.102. The van der Waals surface area contributed by atoms with Crippen molar-refractivity contribution >= 4 is 27.4 Å². The van der Waals surface area contributed by atoms with Gasteiger partial charge in [0.15, 0.2) is 5.78 Å². The summed E-state index contributed by atoms with van der Waals surface area (Å²) in [6.45, 7) is 0. The highest BCUT2D eigenvalue weighted by Gasteiger charge is 2.20. The third-order valence-corrected chi connectivity index (χ3v) is 2.98. The fourth-order valence-electron chi connectivity index (χ4n) is 1.58. The zero-order valence-electron chi connectivity index (χ0n) is 9.17. The Bertz CT molecular complexity index is 608. The van der Waals surface area contributed by atoms with Gasteiger partial charge in [0, 0.05) is 16.1 Å². The molecule has 0 saturated heterocycles. The fourth-order valence-corrected chi connectivity index (χ4v) is 1.85. The molecule has 0 heterocycles. The molecule has 0 aromatic heterocycles. The minimum Gasteiger partial charge on any atom is -0.288 e. The van der Waals surface area contributed by atoms with Crippen molar-refractivity contribution in [3.05, 3.63) is 74.2 Å². The monoisotopic (exact) mass is 305 g/mol. The van der Waals surface area contributed by atoms with Crippen molar-refractivity contribution < 1.29 is 9.72 Å². The molecule has 0 unspecified atom stereocenters. The van der Waals surface area contributed by atoms with Crippen LogP contribution in [0.15, 0.2) is 53.0 Å². The summed E-state index contributed by atoms with van der Waals surface area (Å²) in [5.74, 6) is -0.352. The van der Waals surface area contributed by atoms with Crippen LogP contribution in [0.2, 0.25) is 0 Å². The molecule has 0 aliphatic rings. The van der Waals surface area contributed by atoms with E-state index in [2.05, 4.69) is 15.9 Å². The fraction of sp³-hybridized carbons (Fsp3) is 0. The number of hydrogen-bond donors (Lipinski definition) is 0. The molecule has 0 bridgehead atoms. The lowest BCUT2D eigenvalue weighted by atomic mass is 10.0. The Kier molecular flexibility index (Phi) is 3.53. The first-order chi connectivity index (χ1) is 8.59. The number of carbonyl (C=O) groups is 1. The van der Waals surface area contributed by atoms with Crippen LogP contribution in [-0.4, -0.2) is 10.7 Å². The normalized spacial score (nSPS) is 10.1. The van der Waals surface area contributed by atoms with Gasteiger partial charge >= 0.3 is 0 Å². The molecule has 90 valence electrons. The van der Waals surface area contributed by atoms with Gasteiger partial charge in [-0.15, -0.1) is 0 Å². The zero-order valence-corrected chi connectivity index (χ0v) is 10.8. The number of halogens is 1. The summed E-state index contributed by atoms with van der Waals surface area (Å²) in [7, 11) is 0. The molecule has 0 spiro atoms. The number of para-hydroxylation sites is 1. The molecule has 0 atom stereocenters. The van der Waals surface area contributed by atoms with Crippen LogP contribution < -0.4 is 0 Å². The van der Waals surface area contributed by atoms with Crippen LogP contribution in [0.5, 0.6) is 0 Å². The smallest absolute Gasteiger partial charge is 0.280 e.